The molecule has 0 bridgehead atoms. The number of thioether (sulfide) groups is 1. The summed E-state index contributed by atoms with van der Waals surface area (Å²) >= 11 is 1.43. The molecule has 84 valence electrons. The summed E-state index contributed by atoms with van der Waals surface area (Å²) in [5.74, 6) is -0.493. The summed E-state index contributed by atoms with van der Waals surface area (Å²) in [5, 5.41) is 8.94. The maximum Gasteiger partial charge on any atom is 0.327 e. The van der Waals surface area contributed by atoms with E-state index in [2.05, 4.69) is 9.97 Å². The van der Waals surface area contributed by atoms with Crippen molar-refractivity contribution < 1.29 is 14.7 Å². The largest absolute Gasteiger partial charge is 0.480 e. The number of aliphatic carboxylic acids is 1. The lowest BCUT2D eigenvalue weighted by atomic mass is 10.2. The van der Waals surface area contributed by atoms with Crippen molar-refractivity contribution in [2.75, 3.05) is 11.6 Å². The number of carboxylic acid groups (broad SMARTS) is 1. The minimum Gasteiger partial charge on any atom is -0.480 e. The van der Waals surface area contributed by atoms with Gasteiger partial charge in [-0.2, -0.15) is 0 Å². The summed E-state index contributed by atoms with van der Waals surface area (Å²) in [7, 11) is 0. The van der Waals surface area contributed by atoms with Crippen LogP contribution in [0.15, 0.2) is 18.7 Å². The molecule has 0 aromatic carbocycles. The zero-order valence-electron chi connectivity index (χ0n) is 8.24. The van der Waals surface area contributed by atoms with Gasteiger partial charge in [-0.15, -0.1) is 11.8 Å². The monoisotopic (exact) mass is 239 g/mol. The van der Waals surface area contributed by atoms with E-state index < -0.39 is 12.0 Å². The molecule has 1 fully saturated rings. The van der Waals surface area contributed by atoms with Gasteiger partial charge in [-0.3, -0.25) is 4.79 Å². The molecule has 1 aromatic heterocycles. The molecule has 7 heteroatoms. The predicted octanol–water partition coefficient (Wildman–Crippen LogP) is 0.0763. The van der Waals surface area contributed by atoms with E-state index in [1.807, 2.05) is 0 Å². The van der Waals surface area contributed by atoms with Crippen molar-refractivity contribution in [3.8, 4) is 0 Å². The van der Waals surface area contributed by atoms with E-state index in [9.17, 15) is 9.59 Å². The third kappa shape index (κ3) is 1.99. The van der Waals surface area contributed by atoms with E-state index >= 15 is 0 Å². The van der Waals surface area contributed by atoms with Crippen LogP contribution in [0.25, 0.3) is 0 Å². The Morgan fingerprint density at radius 3 is 2.75 bits per heavy atom. The second kappa shape index (κ2) is 4.48. The molecule has 2 rings (SSSR count). The number of aromatic nitrogens is 2. The van der Waals surface area contributed by atoms with E-state index in [4.69, 9.17) is 5.11 Å². The van der Waals surface area contributed by atoms with E-state index in [-0.39, 0.29) is 5.91 Å². The molecule has 1 aromatic rings. The van der Waals surface area contributed by atoms with Crippen LogP contribution in [0, 0.1) is 0 Å². The zero-order valence-corrected chi connectivity index (χ0v) is 9.05. The van der Waals surface area contributed by atoms with Crippen molar-refractivity contribution in [2.24, 2.45) is 0 Å². The molecule has 1 aliphatic rings. The molecular formula is C9H9N3O3S. The molecule has 0 spiro atoms. The average molecular weight is 239 g/mol. The fourth-order valence-corrected chi connectivity index (χ4v) is 2.57. The average Bonchev–Trinajstić information content (AvgIpc) is 2.78. The van der Waals surface area contributed by atoms with Crippen LogP contribution in [0.4, 0.5) is 0 Å². The van der Waals surface area contributed by atoms with Crippen molar-refractivity contribution in [2.45, 2.75) is 6.04 Å². The van der Waals surface area contributed by atoms with Gasteiger partial charge in [0.1, 0.15) is 12.4 Å². The predicted molar refractivity (Wildman–Crippen MR) is 57.0 cm³/mol. The number of carboxylic acids is 1. The molecule has 1 saturated heterocycles. The third-order valence-electron chi connectivity index (χ3n) is 2.24. The molecule has 0 unspecified atom stereocenters. The molecule has 0 aliphatic carbocycles. The molecule has 1 atom stereocenters. The van der Waals surface area contributed by atoms with Gasteiger partial charge in [-0.05, 0) is 0 Å². The molecule has 1 amide bonds. The molecule has 2 heterocycles. The highest BCUT2D eigenvalue weighted by molar-refractivity contribution is 7.99. The van der Waals surface area contributed by atoms with Gasteiger partial charge < -0.3 is 10.0 Å². The van der Waals surface area contributed by atoms with Gasteiger partial charge in [0.15, 0.2) is 0 Å². The van der Waals surface area contributed by atoms with E-state index in [0.29, 0.717) is 17.2 Å². The van der Waals surface area contributed by atoms with Crippen LogP contribution in [-0.2, 0) is 4.79 Å². The minimum atomic E-state index is -0.977. The SMILES string of the molecule is O=C(O)[C@@H]1CSCN1C(=O)c1cncnc1. The Balaban J connectivity index is 2.19. The van der Waals surface area contributed by atoms with Crippen molar-refractivity contribution >= 4 is 23.6 Å². The summed E-state index contributed by atoms with van der Waals surface area (Å²) in [4.78, 5) is 31.6. The summed E-state index contributed by atoms with van der Waals surface area (Å²) < 4.78 is 0. The summed E-state index contributed by atoms with van der Waals surface area (Å²) in [5.41, 5.74) is 0.316. The third-order valence-corrected chi connectivity index (χ3v) is 3.25. The topological polar surface area (TPSA) is 83.4 Å². The Kier molecular flexibility index (Phi) is 3.04. The van der Waals surface area contributed by atoms with Gasteiger partial charge in [-0.1, -0.05) is 0 Å². The number of rotatable bonds is 2. The number of amides is 1. The summed E-state index contributed by atoms with van der Waals surface area (Å²) in [6.45, 7) is 0. The second-order valence-electron chi connectivity index (χ2n) is 3.26. The van der Waals surface area contributed by atoms with Crippen LogP contribution in [0.5, 0.6) is 0 Å². The smallest absolute Gasteiger partial charge is 0.327 e. The fraction of sp³-hybridized carbons (Fsp3) is 0.333. The zero-order chi connectivity index (χ0) is 11.5. The minimum absolute atomic E-state index is 0.316. The van der Waals surface area contributed by atoms with Crippen molar-refractivity contribution in [3.63, 3.8) is 0 Å². The number of carbonyl (C=O) groups excluding carboxylic acids is 1. The van der Waals surface area contributed by atoms with Crippen molar-refractivity contribution in [3.05, 3.63) is 24.3 Å². The van der Waals surface area contributed by atoms with Crippen LogP contribution in [0.3, 0.4) is 0 Å². The van der Waals surface area contributed by atoms with Gasteiger partial charge in [-0.25, -0.2) is 14.8 Å². The maximum atomic E-state index is 11.9. The molecule has 6 nitrogen and oxygen atoms in total. The summed E-state index contributed by atoms with van der Waals surface area (Å²) in [6, 6.07) is -0.752. The fourth-order valence-electron chi connectivity index (χ4n) is 1.42. The highest BCUT2D eigenvalue weighted by Crippen LogP contribution is 2.22. The quantitative estimate of drug-likeness (QED) is 0.786. The first-order valence-electron chi connectivity index (χ1n) is 4.56. The maximum absolute atomic E-state index is 11.9. The highest BCUT2D eigenvalue weighted by Gasteiger charge is 2.35. The standard InChI is InChI=1S/C9H9N3O3S/c13-8(6-1-10-4-11-2-6)12-5-16-3-7(12)9(14)15/h1-2,4,7H,3,5H2,(H,14,15)/t7-/m0/s1. The Morgan fingerprint density at radius 2 is 2.12 bits per heavy atom. The normalized spacial score (nSPS) is 19.8. The first kappa shape index (κ1) is 10.9. The van der Waals surface area contributed by atoms with Crippen molar-refractivity contribution in [1.29, 1.82) is 0 Å². The Bertz CT molecular complexity index is 412. The molecule has 0 radical (unpaired) electrons. The lowest BCUT2D eigenvalue weighted by Crippen LogP contribution is -2.41. The van der Waals surface area contributed by atoms with Gasteiger partial charge >= 0.3 is 5.97 Å². The number of nitrogens with zero attached hydrogens (tertiary/aromatic N) is 3. The molecular weight excluding hydrogens is 230 g/mol. The lowest BCUT2D eigenvalue weighted by Gasteiger charge is -2.19. The van der Waals surface area contributed by atoms with Gasteiger partial charge in [0.2, 0.25) is 0 Å². The first-order chi connectivity index (χ1) is 7.70. The van der Waals surface area contributed by atoms with E-state index in [1.54, 1.807) is 0 Å². The second-order valence-corrected chi connectivity index (χ2v) is 4.26. The molecule has 1 aliphatic heterocycles. The van der Waals surface area contributed by atoms with Gasteiger partial charge in [0.25, 0.3) is 5.91 Å². The van der Waals surface area contributed by atoms with Crippen LogP contribution in [0.2, 0.25) is 0 Å². The Hall–Kier alpha value is -1.63. The summed E-state index contributed by atoms with van der Waals surface area (Å²) in [6.07, 6.45) is 4.10. The Labute approximate surface area is 95.7 Å². The Morgan fingerprint density at radius 1 is 1.44 bits per heavy atom. The van der Waals surface area contributed by atoms with Crippen LogP contribution < -0.4 is 0 Å². The van der Waals surface area contributed by atoms with Crippen LogP contribution in [0.1, 0.15) is 10.4 Å². The van der Waals surface area contributed by atoms with Crippen LogP contribution in [-0.4, -0.2) is 49.5 Å². The van der Waals surface area contributed by atoms with Gasteiger partial charge in [0, 0.05) is 18.1 Å². The highest BCUT2D eigenvalue weighted by atomic mass is 32.2. The molecule has 0 saturated carbocycles. The van der Waals surface area contributed by atoms with Gasteiger partial charge in [0.05, 0.1) is 11.4 Å². The van der Waals surface area contributed by atoms with E-state index in [1.165, 1.54) is 35.4 Å². The molecule has 1 N–H and O–H groups in total. The van der Waals surface area contributed by atoms with E-state index in [0.717, 1.165) is 0 Å². The molecule has 16 heavy (non-hydrogen) atoms. The number of hydrogen-bond acceptors (Lipinski definition) is 5. The lowest BCUT2D eigenvalue weighted by molar-refractivity contribution is -0.140. The number of hydrogen-bond donors (Lipinski definition) is 1. The first-order valence-corrected chi connectivity index (χ1v) is 5.72. The number of carbonyl (C=O) groups is 2. The van der Waals surface area contributed by atoms with Crippen molar-refractivity contribution in [1.82, 2.24) is 14.9 Å². The van der Waals surface area contributed by atoms with Crippen LogP contribution >= 0.6 is 11.8 Å².